The molecule has 17 heavy (non-hydrogen) atoms. The first-order valence-electron chi connectivity index (χ1n) is 5.52. The van der Waals surface area contributed by atoms with Crippen molar-refractivity contribution in [2.24, 2.45) is 5.73 Å². The van der Waals surface area contributed by atoms with E-state index in [9.17, 15) is 9.18 Å². The SMILES string of the molecule is NCC(C(=O)O)c1c(F)ccc2c1OCCC2. The van der Waals surface area contributed by atoms with Crippen molar-refractivity contribution in [3.8, 4) is 5.75 Å². The average Bonchev–Trinajstić information content (AvgIpc) is 2.32. The molecule has 0 saturated carbocycles. The van der Waals surface area contributed by atoms with Crippen LogP contribution in [0.25, 0.3) is 0 Å². The number of hydrogen-bond donors (Lipinski definition) is 2. The van der Waals surface area contributed by atoms with E-state index in [4.69, 9.17) is 15.6 Å². The van der Waals surface area contributed by atoms with Crippen LogP contribution in [0.5, 0.6) is 5.75 Å². The molecule has 0 radical (unpaired) electrons. The normalized spacial score (nSPS) is 15.9. The van der Waals surface area contributed by atoms with E-state index >= 15 is 0 Å². The molecule has 2 rings (SSSR count). The Balaban J connectivity index is 2.54. The van der Waals surface area contributed by atoms with E-state index in [-0.39, 0.29) is 12.1 Å². The van der Waals surface area contributed by atoms with Gasteiger partial charge >= 0.3 is 5.97 Å². The molecule has 1 heterocycles. The lowest BCUT2D eigenvalue weighted by Gasteiger charge is -2.23. The van der Waals surface area contributed by atoms with Gasteiger partial charge in [0.2, 0.25) is 0 Å². The van der Waals surface area contributed by atoms with Crippen LogP contribution in [-0.2, 0) is 11.2 Å². The number of halogens is 1. The lowest BCUT2D eigenvalue weighted by molar-refractivity contribution is -0.138. The maximum atomic E-state index is 13.8. The van der Waals surface area contributed by atoms with Gasteiger partial charge in [-0.2, -0.15) is 0 Å². The summed E-state index contributed by atoms with van der Waals surface area (Å²) in [5.41, 5.74) is 6.34. The van der Waals surface area contributed by atoms with Crippen molar-refractivity contribution in [3.05, 3.63) is 29.1 Å². The zero-order valence-electron chi connectivity index (χ0n) is 9.28. The number of nitrogens with two attached hydrogens (primary N) is 1. The highest BCUT2D eigenvalue weighted by Crippen LogP contribution is 2.35. The Labute approximate surface area is 98.2 Å². The molecule has 1 aromatic rings. The van der Waals surface area contributed by atoms with Gasteiger partial charge < -0.3 is 15.6 Å². The molecule has 5 heteroatoms. The van der Waals surface area contributed by atoms with Crippen LogP contribution < -0.4 is 10.5 Å². The highest BCUT2D eigenvalue weighted by Gasteiger charge is 2.28. The fourth-order valence-electron chi connectivity index (χ4n) is 2.09. The lowest BCUT2D eigenvalue weighted by Crippen LogP contribution is -2.24. The molecule has 1 atom stereocenters. The van der Waals surface area contributed by atoms with Crippen LogP contribution in [0.1, 0.15) is 23.5 Å². The first-order valence-corrected chi connectivity index (χ1v) is 5.52. The minimum Gasteiger partial charge on any atom is -0.493 e. The van der Waals surface area contributed by atoms with E-state index in [1.54, 1.807) is 6.07 Å². The molecule has 0 bridgehead atoms. The van der Waals surface area contributed by atoms with Gasteiger partial charge in [-0.05, 0) is 24.5 Å². The predicted octanol–water partition coefficient (Wildman–Crippen LogP) is 1.28. The minimum absolute atomic E-state index is 0.0807. The smallest absolute Gasteiger partial charge is 0.312 e. The molecule has 0 aromatic heterocycles. The van der Waals surface area contributed by atoms with Gasteiger partial charge in [-0.3, -0.25) is 4.79 Å². The van der Waals surface area contributed by atoms with Crippen LogP contribution in [0.3, 0.4) is 0 Å². The van der Waals surface area contributed by atoms with Crippen molar-refractivity contribution in [2.75, 3.05) is 13.2 Å². The molecule has 3 N–H and O–H groups in total. The fourth-order valence-corrected chi connectivity index (χ4v) is 2.09. The number of benzene rings is 1. The zero-order valence-corrected chi connectivity index (χ0v) is 9.28. The van der Waals surface area contributed by atoms with Gasteiger partial charge in [0.15, 0.2) is 0 Å². The van der Waals surface area contributed by atoms with Gasteiger partial charge in [-0.25, -0.2) is 4.39 Å². The second-order valence-corrected chi connectivity index (χ2v) is 4.03. The molecule has 1 aliphatic heterocycles. The van der Waals surface area contributed by atoms with E-state index in [2.05, 4.69) is 0 Å². The molecule has 1 aromatic carbocycles. The first-order chi connectivity index (χ1) is 8.15. The number of carboxylic acids is 1. The molecule has 0 amide bonds. The first kappa shape index (κ1) is 11.9. The molecule has 0 fully saturated rings. The van der Waals surface area contributed by atoms with Crippen LogP contribution in [0.2, 0.25) is 0 Å². The molecule has 4 nitrogen and oxygen atoms in total. The molecule has 0 saturated heterocycles. The second-order valence-electron chi connectivity index (χ2n) is 4.03. The minimum atomic E-state index is -1.13. The number of rotatable bonds is 3. The summed E-state index contributed by atoms with van der Waals surface area (Å²) in [6.07, 6.45) is 1.64. The van der Waals surface area contributed by atoms with Crippen LogP contribution >= 0.6 is 0 Å². The Morgan fingerprint density at radius 2 is 2.35 bits per heavy atom. The summed E-state index contributed by atoms with van der Waals surface area (Å²) < 4.78 is 19.2. The monoisotopic (exact) mass is 239 g/mol. The number of carboxylic acid groups (broad SMARTS) is 1. The summed E-state index contributed by atoms with van der Waals surface area (Å²) in [5.74, 6) is -2.38. The Morgan fingerprint density at radius 3 is 3.00 bits per heavy atom. The summed E-state index contributed by atoms with van der Waals surface area (Å²) in [4.78, 5) is 11.1. The van der Waals surface area contributed by atoms with Crippen molar-refractivity contribution >= 4 is 5.97 Å². The Morgan fingerprint density at radius 1 is 1.59 bits per heavy atom. The van der Waals surface area contributed by atoms with Gasteiger partial charge in [-0.1, -0.05) is 6.07 Å². The van der Waals surface area contributed by atoms with Crippen LogP contribution in [0.15, 0.2) is 12.1 Å². The van der Waals surface area contributed by atoms with Gasteiger partial charge in [0.25, 0.3) is 0 Å². The lowest BCUT2D eigenvalue weighted by atomic mass is 9.93. The maximum Gasteiger partial charge on any atom is 0.312 e. The molecular weight excluding hydrogens is 225 g/mol. The van der Waals surface area contributed by atoms with Crippen molar-refractivity contribution in [1.82, 2.24) is 0 Å². The summed E-state index contributed by atoms with van der Waals surface area (Å²) in [6, 6.07) is 2.93. The number of aryl methyl sites for hydroxylation is 1. The summed E-state index contributed by atoms with van der Waals surface area (Å²) >= 11 is 0. The van der Waals surface area contributed by atoms with Crippen molar-refractivity contribution in [3.63, 3.8) is 0 Å². The van der Waals surface area contributed by atoms with E-state index in [0.717, 1.165) is 18.4 Å². The van der Waals surface area contributed by atoms with Crippen molar-refractivity contribution in [1.29, 1.82) is 0 Å². The van der Waals surface area contributed by atoms with Crippen molar-refractivity contribution in [2.45, 2.75) is 18.8 Å². The molecule has 1 unspecified atom stereocenters. The van der Waals surface area contributed by atoms with E-state index in [1.807, 2.05) is 0 Å². The molecule has 0 aliphatic carbocycles. The summed E-state index contributed by atoms with van der Waals surface area (Å²) in [7, 11) is 0. The number of carbonyl (C=O) groups is 1. The van der Waals surface area contributed by atoms with Gasteiger partial charge in [0.1, 0.15) is 17.5 Å². The second kappa shape index (κ2) is 4.71. The Kier molecular flexibility index (Phi) is 3.28. The molecule has 92 valence electrons. The predicted molar refractivity (Wildman–Crippen MR) is 59.6 cm³/mol. The van der Waals surface area contributed by atoms with Gasteiger partial charge in [0, 0.05) is 12.1 Å². The number of aliphatic carboxylic acids is 1. The molecule has 1 aliphatic rings. The van der Waals surface area contributed by atoms with Crippen LogP contribution in [-0.4, -0.2) is 24.2 Å². The van der Waals surface area contributed by atoms with Crippen molar-refractivity contribution < 1.29 is 19.0 Å². The third-order valence-electron chi connectivity index (χ3n) is 2.94. The summed E-state index contributed by atoms with van der Waals surface area (Å²) in [6.45, 7) is 0.340. The number of fused-ring (bicyclic) bond motifs is 1. The highest BCUT2D eigenvalue weighted by molar-refractivity contribution is 5.78. The number of hydrogen-bond acceptors (Lipinski definition) is 3. The topological polar surface area (TPSA) is 72.6 Å². The summed E-state index contributed by atoms with van der Waals surface area (Å²) in [5, 5.41) is 9.05. The highest BCUT2D eigenvalue weighted by atomic mass is 19.1. The standard InChI is InChI=1S/C12H14FNO3/c13-9-4-3-7-2-1-5-17-11(7)10(9)8(6-14)12(15)16/h3-4,8H,1-2,5-6,14H2,(H,15,16). The third-order valence-corrected chi connectivity index (χ3v) is 2.94. The van der Waals surface area contributed by atoms with Crippen LogP contribution in [0.4, 0.5) is 4.39 Å². The molecule has 0 spiro atoms. The average molecular weight is 239 g/mol. The zero-order chi connectivity index (χ0) is 12.4. The Hall–Kier alpha value is -1.62. The maximum absolute atomic E-state index is 13.8. The Bertz CT molecular complexity index is 448. The van der Waals surface area contributed by atoms with E-state index in [1.165, 1.54) is 6.07 Å². The van der Waals surface area contributed by atoms with E-state index < -0.39 is 17.7 Å². The largest absolute Gasteiger partial charge is 0.493 e. The van der Waals surface area contributed by atoms with Gasteiger partial charge in [0.05, 0.1) is 6.61 Å². The van der Waals surface area contributed by atoms with E-state index in [0.29, 0.717) is 12.4 Å². The molecular formula is C12H14FNO3. The number of ether oxygens (including phenoxy) is 1. The third kappa shape index (κ3) is 2.10. The quantitative estimate of drug-likeness (QED) is 0.833. The van der Waals surface area contributed by atoms with Crippen LogP contribution in [0, 0.1) is 5.82 Å². The fraction of sp³-hybridized carbons (Fsp3) is 0.417. The van der Waals surface area contributed by atoms with Gasteiger partial charge in [-0.15, -0.1) is 0 Å².